The molecule has 0 aliphatic rings. The summed E-state index contributed by atoms with van der Waals surface area (Å²) in [4.78, 5) is 35.4. The van der Waals surface area contributed by atoms with Crippen molar-refractivity contribution in [1.82, 2.24) is 5.32 Å². The Morgan fingerprint density at radius 1 is 1.04 bits per heavy atom. The lowest BCUT2D eigenvalue weighted by Crippen LogP contribution is -2.36. The van der Waals surface area contributed by atoms with Crippen LogP contribution in [0, 0.1) is 11.6 Å². The van der Waals surface area contributed by atoms with Crippen molar-refractivity contribution < 1.29 is 27.9 Å². The fourth-order valence-corrected chi connectivity index (χ4v) is 2.12. The van der Waals surface area contributed by atoms with Gasteiger partial charge in [-0.1, -0.05) is 30.3 Å². The third-order valence-corrected chi connectivity index (χ3v) is 3.50. The van der Waals surface area contributed by atoms with Crippen LogP contribution in [0.3, 0.4) is 0 Å². The molecule has 0 spiro atoms. The average Bonchev–Trinajstić information content (AvgIpc) is 2.64. The van der Waals surface area contributed by atoms with Crippen molar-refractivity contribution in [1.29, 1.82) is 0 Å². The van der Waals surface area contributed by atoms with E-state index in [2.05, 4.69) is 10.6 Å². The van der Waals surface area contributed by atoms with E-state index in [1.54, 1.807) is 24.3 Å². The molecule has 0 fully saturated rings. The van der Waals surface area contributed by atoms with Gasteiger partial charge in [-0.15, -0.1) is 0 Å². The predicted octanol–water partition coefficient (Wildman–Crippen LogP) is 2.19. The zero-order chi connectivity index (χ0) is 19.8. The number of amides is 2. The zero-order valence-electron chi connectivity index (χ0n) is 14.5. The molecule has 0 aromatic heterocycles. The molecule has 2 amide bonds. The molecule has 2 aromatic carbocycles. The number of hydrogen-bond donors (Lipinski definition) is 2. The Balaban J connectivity index is 1.76. The van der Waals surface area contributed by atoms with Crippen molar-refractivity contribution in [2.24, 2.45) is 0 Å². The Bertz CT molecular complexity index is 828. The number of carbonyl (C=O) groups excluding carboxylic acids is 3. The van der Waals surface area contributed by atoms with E-state index >= 15 is 0 Å². The first-order chi connectivity index (χ1) is 12.8. The van der Waals surface area contributed by atoms with Gasteiger partial charge in [0.05, 0.1) is 6.42 Å². The minimum absolute atomic E-state index is 0.0259. The lowest BCUT2D eigenvalue weighted by molar-refractivity contribution is -0.152. The van der Waals surface area contributed by atoms with E-state index in [0.29, 0.717) is 0 Å². The molecule has 0 aliphatic carbocycles. The number of esters is 1. The van der Waals surface area contributed by atoms with Crippen LogP contribution < -0.4 is 10.6 Å². The number of carbonyl (C=O) groups is 3. The van der Waals surface area contributed by atoms with Gasteiger partial charge in [-0.3, -0.25) is 14.4 Å². The fraction of sp³-hybridized carbons (Fsp3) is 0.211. The molecule has 2 N–H and O–H groups in total. The van der Waals surface area contributed by atoms with Gasteiger partial charge in [0.25, 0.3) is 5.91 Å². The van der Waals surface area contributed by atoms with Crippen LogP contribution in [0.1, 0.15) is 12.5 Å². The molecule has 0 saturated carbocycles. The first-order valence-corrected chi connectivity index (χ1v) is 8.11. The van der Waals surface area contributed by atoms with Crippen molar-refractivity contribution in [3.63, 3.8) is 0 Å². The molecule has 2 rings (SSSR count). The smallest absolute Gasteiger partial charge is 0.326 e. The van der Waals surface area contributed by atoms with E-state index < -0.39 is 36.2 Å². The summed E-state index contributed by atoms with van der Waals surface area (Å²) in [5.74, 6) is -4.04. The molecule has 1 atom stereocenters. The SMILES string of the molecule is C[C@@H](OC(=O)CNC(=O)Cc1ccccc1)C(=O)Nc1ccc(F)c(F)c1. The summed E-state index contributed by atoms with van der Waals surface area (Å²) in [6.45, 7) is 0.924. The molecule has 0 unspecified atom stereocenters. The normalized spacial score (nSPS) is 11.4. The molecule has 142 valence electrons. The van der Waals surface area contributed by atoms with Gasteiger partial charge in [-0.25, -0.2) is 8.78 Å². The Hall–Kier alpha value is -3.29. The lowest BCUT2D eigenvalue weighted by Gasteiger charge is -2.14. The minimum Gasteiger partial charge on any atom is -0.451 e. The van der Waals surface area contributed by atoms with Gasteiger partial charge in [-0.2, -0.15) is 0 Å². The van der Waals surface area contributed by atoms with Gasteiger partial charge in [0, 0.05) is 11.8 Å². The maximum Gasteiger partial charge on any atom is 0.326 e. The molecule has 0 heterocycles. The van der Waals surface area contributed by atoms with Gasteiger partial charge < -0.3 is 15.4 Å². The van der Waals surface area contributed by atoms with Crippen LogP contribution >= 0.6 is 0 Å². The van der Waals surface area contributed by atoms with Crippen LogP contribution in [-0.4, -0.2) is 30.4 Å². The average molecular weight is 376 g/mol. The van der Waals surface area contributed by atoms with Gasteiger partial charge >= 0.3 is 5.97 Å². The maximum absolute atomic E-state index is 13.1. The summed E-state index contributed by atoms with van der Waals surface area (Å²) in [5, 5.41) is 4.70. The monoisotopic (exact) mass is 376 g/mol. The standard InChI is InChI=1S/C19H18F2N2O4/c1-12(19(26)23-14-7-8-15(20)16(21)10-14)27-18(25)11-22-17(24)9-13-5-3-2-4-6-13/h2-8,10,12H,9,11H2,1H3,(H,22,24)(H,23,26)/t12-/m1/s1. The molecule has 0 radical (unpaired) electrons. The van der Waals surface area contributed by atoms with Crippen LogP contribution in [0.25, 0.3) is 0 Å². The van der Waals surface area contributed by atoms with Gasteiger partial charge in [0.15, 0.2) is 17.7 Å². The van der Waals surface area contributed by atoms with Crippen LogP contribution in [0.5, 0.6) is 0 Å². The van der Waals surface area contributed by atoms with Crippen LogP contribution in [0.15, 0.2) is 48.5 Å². The van der Waals surface area contributed by atoms with Crippen LogP contribution in [0.2, 0.25) is 0 Å². The van der Waals surface area contributed by atoms with Crippen molar-refractivity contribution in [2.45, 2.75) is 19.4 Å². The largest absolute Gasteiger partial charge is 0.451 e. The second kappa shape index (κ2) is 9.42. The number of nitrogens with one attached hydrogen (secondary N) is 2. The summed E-state index contributed by atoms with van der Waals surface area (Å²) >= 11 is 0. The summed E-state index contributed by atoms with van der Waals surface area (Å²) in [6.07, 6.45) is -1.07. The van der Waals surface area contributed by atoms with E-state index in [4.69, 9.17) is 4.74 Å². The third kappa shape index (κ3) is 6.50. The molecule has 8 heteroatoms. The minimum atomic E-state index is -1.18. The number of benzene rings is 2. The molecule has 6 nitrogen and oxygen atoms in total. The Labute approximate surface area is 154 Å². The van der Waals surface area contributed by atoms with Crippen molar-refractivity contribution in [3.8, 4) is 0 Å². The molecule has 0 aliphatic heterocycles. The molecule has 27 heavy (non-hydrogen) atoms. The molecular weight excluding hydrogens is 358 g/mol. The third-order valence-electron chi connectivity index (χ3n) is 3.50. The highest BCUT2D eigenvalue weighted by molar-refractivity contribution is 5.95. The molecule has 0 bridgehead atoms. The first-order valence-electron chi connectivity index (χ1n) is 8.11. The summed E-state index contributed by atoms with van der Waals surface area (Å²) in [7, 11) is 0. The van der Waals surface area contributed by atoms with E-state index in [9.17, 15) is 23.2 Å². The van der Waals surface area contributed by atoms with Gasteiger partial charge in [0.1, 0.15) is 6.54 Å². The maximum atomic E-state index is 13.1. The topological polar surface area (TPSA) is 84.5 Å². The van der Waals surface area contributed by atoms with Gasteiger partial charge in [0.2, 0.25) is 5.91 Å². The van der Waals surface area contributed by atoms with Gasteiger partial charge in [-0.05, 0) is 24.6 Å². The van der Waals surface area contributed by atoms with E-state index in [1.165, 1.54) is 13.0 Å². The molecular formula is C19H18F2N2O4. The van der Waals surface area contributed by atoms with E-state index in [0.717, 1.165) is 17.7 Å². The van der Waals surface area contributed by atoms with Crippen molar-refractivity contribution >= 4 is 23.5 Å². The quantitative estimate of drug-likeness (QED) is 0.726. The number of ether oxygens (including phenoxy) is 1. The Morgan fingerprint density at radius 3 is 2.41 bits per heavy atom. The second-order valence-corrected chi connectivity index (χ2v) is 5.69. The number of hydrogen-bond acceptors (Lipinski definition) is 4. The predicted molar refractivity (Wildman–Crippen MR) is 93.7 cm³/mol. The highest BCUT2D eigenvalue weighted by atomic mass is 19.2. The van der Waals surface area contributed by atoms with Crippen molar-refractivity contribution in [3.05, 3.63) is 65.7 Å². The summed E-state index contributed by atoms with van der Waals surface area (Å²) in [6, 6.07) is 11.8. The number of anilines is 1. The Kier molecular flexibility index (Phi) is 6.99. The summed E-state index contributed by atoms with van der Waals surface area (Å²) < 4.78 is 30.9. The summed E-state index contributed by atoms with van der Waals surface area (Å²) in [5.41, 5.74) is 0.820. The number of rotatable bonds is 7. The highest BCUT2D eigenvalue weighted by Crippen LogP contribution is 2.13. The van der Waals surface area contributed by atoms with Crippen molar-refractivity contribution in [2.75, 3.05) is 11.9 Å². The zero-order valence-corrected chi connectivity index (χ0v) is 14.5. The fourth-order valence-electron chi connectivity index (χ4n) is 2.12. The Morgan fingerprint density at radius 2 is 1.74 bits per heavy atom. The van der Waals surface area contributed by atoms with Crippen LogP contribution in [-0.2, 0) is 25.5 Å². The molecule has 0 saturated heterocycles. The molecule has 2 aromatic rings. The highest BCUT2D eigenvalue weighted by Gasteiger charge is 2.19. The van der Waals surface area contributed by atoms with E-state index in [1.807, 2.05) is 6.07 Å². The second-order valence-electron chi connectivity index (χ2n) is 5.69. The first kappa shape index (κ1) is 20.0. The van der Waals surface area contributed by atoms with Crippen LogP contribution in [0.4, 0.5) is 14.5 Å². The lowest BCUT2D eigenvalue weighted by atomic mass is 10.1. The van der Waals surface area contributed by atoms with E-state index in [-0.39, 0.29) is 18.0 Å². The number of halogens is 2.